The molecule has 1 fully saturated rings. The van der Waals surface area contributed by atoms with E-state index in [-0.39, 0.29) is 12.2 Å². The quantitative estimate of drug-likeness (QED) is 0.608. The largest absolute Gasteiger partial charge is 0.479 e. The summed E-state index contributed by atoms with van der Waals surface area (Å²) < 4.78 is 16.6. The third-order valence-corrected chi connectivity index (χ3v) is 2.83. The van der Waals surface area contributed by atoms with Gasteiger partial charge in [-0.3, -0.25) is 0 Å². The van der Waals surface area contributed by atoms with Crippen LogP contribution in [-0.4, -0.2) is 25.4 Å². The van der Waals surface area contributed by atoms with Gasteiger partial charge in [0.05, 0.1) is 13.2 Å². The maximum Gasteiger partial charge on any atom is 0.172 e. The van der Waals surface area contributed by atoms with Crippen LogP contribution in [0.3, 0.4) is 0 Å². The molecule has 0 aromatic carbocycles. The first-order valence-electron chi connectivity index (χ1n) is 3.91. The molecule has 0 saturated carbocycles. The van der Waals surface area contributed by atoms with Gasteiger partial charge in [0.2, 0.25) is 0 Å². The fourth-order valence-electron chi connectivity index (χ4n) is 1.51. The van der Waals surface area contributed by atoms with Gasteiger partial charge in [-0.05, 0) is 0 Å². The Kier molecular flexibility index (Phi) is 1.33. The van der Waals surface area contributed by atoms with Crippen molar-refractivity contribution in [3.63, 3.8) is 0 Å². The Labute approximate surface area is 73.9 Å². The Hall–Kier alpha value is -0.740. The molecule has 3 heterocycles. The van der Waals surface area contributed by atoms with Crippen molar-refractivity contribution in [1.29, 1.82) is 0 Å². The van der Waals surface area contributed by atoms with Crippen molar-refractivity contribution in [3.8, 4) is 11.5 Å². The van der Waals surface area contributed by atoms with Crippen LogP contribution in [0.1, 0.15) is 0 Å². The lowest BCUT2D eigenvalue weighted by Gasteiger charge is -2.25. The normalized spacial score (nSPS) is 31.7. The summed E-state index contributed by atoms with van der Waals surface area (Å²) in [5, 5.41) is 3.92. The van der Waals surface area contributed by atoms with Gasteiger partial charge in [0.25, 0.3) is 0 Å². The summed E-state index contributed by atoms with van der Waals surface area (Å²) in [6.45, 7) is 1.31. The van der Waals surface area contributed by atoms with E-state index in [9.17, 15) is 0 Å². The number of fused-ring (bicyclic) bond motifs is 2. The lowest BCUT2D eigenvalue weighted by atomic mass is 10.2. The maximum atomic E-state index is 5.66. The van der Waals surface area contributed by atoms with Crippen molar-refractivity contribution in [2.75, 3.05) is 13.2 Å². The first-order valence-corrected chi connectivity index (χ1v) is 4.85. The number of hydrogen-bond acceptors (Lipinski definition) is 4. The van der Waals surface area contributed by atoms with Gasteiger partial charge < -0.3 is 14.2 Å². The zero-order valence-corrected chi connectivity index (χ0v) is 7.17. The Balaban J connectivity index is 1.95. The lowest BCUT2D eigenvalue weighted by Crippen LogP contribution is -2.37. The van der Waals surface area contributed by atoms with E-state index in [0.29, 0.717) is 13.2 Å². The van der Waals surface area contributed by atoms with Gasteiger partial charge in [-0.2, -0.15) is 0 Å². The van der Waals surface area contributed by atoms with Crippen LogP contribution in [0, 0.1) is 0 Å². The number of rotatable bonds is 0. The summed E-state index contributed by atoms with van der Waals surface area (Å²) in [4.78, 5) is 0. The van der Waals surface area contributed by atoms with Crippen molar-refractivity contribution < 1.29 is 14.2 Å². The maximum absolute atomic E-state index is 5.66. The molecule has 3 rings (SSSR count). The summed E-state index contributed by atoms with van der Waals surface area (Å²) in [7, 11) is 0. The molecule has 4 heteroatoms. The van der Waals surface area contributed by atoms with Crippen LogP contribution in [0.25, 0.3) is 0 Å². The zero-order valence-electron chi connectivity index (χ0n) is 6.36. The highest BCUT2D eigenvalue weighted by Crippen LogP contribution is 2.38. The smallest absolute Gasteiger partial charge is 0.172 e. The summed E-state index contributed by atoms with van der Waals surface area (Å²) in [5.41, 5.74) is 0. The summed E-state index contributed by atoms with van der Waals surface area (Å²) in [5.74, 6) is 1.73. The highest BCUT2D eigenvalue weighted by molar-refractivity contribution is 7.08. The zero-order chi connectivity index (χ0) is 7.97. The first kappa shape index (κ1) is 6.74. The minimum Gasteiger partial charge on any atom is -0.479 e. The minimum absolute atomic E-state index is 0.104. The van der Waals surface area contributed by atoms with E-state index >= 15 is 0 Å². The Morgan fingerprint density at radius 2 is 1.67 bits per heavy atom. The molecule has 2 aliphatic rings. The van der Waals surface area contributed by atoms with E-state index in [4.69, 9.17) is 14.2 Å². The third kappa shape index (κ3) is 0.850. The molecular formula is C8H8O3S. The molecule has 2 unspecified atom stereocenters. The number of thiophene rings is 1. The highest BCUT2D eigenvalue weighted by Gasteiger charge is 2.36. The van der Waals surface area contributed by atoms with Gasteiger partial charge in [-0.1, -0.05) is 0 Å². The van der Waals surface area contributed by atoms with Crippen LogP contribution in [0.15, 0.2) is 10.8 Å². The summed E-state index contributed by atoms with van der Waals surface area (Å²) >= 11 is 1.60. The van der Waals surface area contributed by atoms with Crippen LogP contribution in [0.4, 0.5) is 0 Å². The predicted octanol–water partition coefficient (Wildman–Crippen LogP) is 1.29. The molecule has 1 aromatic rings. The molecule has 0 radical (unpaired) electrons. The molecule has 3 nitrogen and oxygen atoms in total. The van der Waals surface area contributed by atoms with E-state index in [1.54, 1.807) is 11.3 Å². The molecule has 12 heavy (non-hydrogen) atoms. The first-order chi connectivity index (χ1) is 5.93. The Morgan fingerprint density at radius 1 is 1.08 bits per heavy atom. The Bertz CT molecular complexity index is 270. The van der Waals surface area contributed by atoms with E-state index in [1.807, 2.05) is 10.8 Å². The second-order valence-electron chi connectivity index (χ2n) is 2.95. The molecule has 0 N–H and O–H groups in total. The molecule has 1 saturated heterocycles. The van der Waals surface area contributed by atoms with Crippen LogP contribution < -0.4 is 9.47 Å². The third-order valence-electron chi connectivity index (χ3n) is 2.13. The molecule has 1 aromatic heterocycles. The van der Waals surface area contributed by atoms with E-state index in [2.05, 4.69) is 0 Å². The average molecular weight is 184 g/mol. The fraction of sp³-hybridized carbons (Fsp3) is 0.500. The SMILES string of the molecule is c1scc2c1OC1COCC1O2. The minimum atomic E-state index is 0.104. The molecule has 0 spiro atoms. The van der Waals surface area contributed by atoms with Gasteiger partial charge >= 0.3 is 0 Å². The van der Waals surface area contributed by atoms with Crippen molar-refractivity contribution in [2.45, 2.75) is 12.2 Å². The van der Waals surface area contributed by atoms with Crippen molar-refractivity contribution >= 4 is 11.3 Å². The predicted molar refractivity (Wildman–Crippen MR) is 44.0 cm³/mol. The second kappa shape index (κ2) is 2.37. The van der Waals surface area contributed by atoms with Crippen LogP contribution in [0.2, 0.25) is 0 Å². The average Bonchev–Trinajstić information content (AvgIpc) is 2.64. The molecule has 64 valence electrons. The number of ether oxygens (including phenoxy) is 3. The van der Waals surface area contributed by atoms with E-state index in [0.717, 1.165) is 11.5 Å². The van der Waals surface area contributed by atoms with Crippen molar-refractivity contribution in [2.24, 2.45) is 0 Å². The highest BCUT2D eigenvalue weighted by atomic mass is 32.1. The molecule has 0 bridgehead atoms. The standard InChI is InChI=1S/C8H8O3S/c1-5-6(2-9-1)11-8-4-12-3-7(8)10-5/h3-6H,1-2H2. The lowest BCUT2D eigenvalue weighted by molar-refractivity contribution is 0.0565. The van der Waals surface area contributed by atoms with Crippen molar-refractivity contribution in [1.82, 2.24) is 0 Å². The molecular weight excluding hydrogens is 176 g/mol. The summed E-state index contributed by atoms with van der Waals surface area (Å²) in [6.07, 6.45) is 0.208. The Morgan fingerprint density at radius 3 is 2.25 bits per heavy atom. The van der Waals surface area contributed by atoms with E-state index < -0.39 is 0 Å². The molecule has 2 atom stereocenters. The molecule has 0 aliphatic carbocycles. The van der Waals surface area contributed by atoms with Gasteiger partial charge in [0.15, 0.2) is 23.7 Å². The van der Waals surface area contributed by atoms with Crippen molar-refractivity contribution in [3.05, 3.63) is 10.8 Å². The molecule has 2 aliphatic heterocycles. The van der Waals surface area contributed by atoms with Gasteiger partial charge in [0, 0.05) is 10.8 Å². The number of hydrogen-bond donors (Lipinski definition) is 0. The van der Waals surface area contributed by atoms with Gasteiger partial charge in [0.1, 0.15) is 0 Å². The van der Waals surface area contributed by atoms with Crippen LogP contribution in [0.5, 0.6) is 11.5 Å². The molecule has 0 amide bonds. The van der Waals surface area contributed by atoms with Gasteiger partial charge in [-0.25, -0.2) is 0 Å². The van der Waals surface area contributed by atoms with Crippen LogP contribution >= 0.6 is 11.3 Å². The monoisotopic (exact) mass is 184 g/mol. The van der Waals surface area contributed by atoms with E-state index in [1.165, 1.54) is 0 Å². The topological polar surface area (TPSA) is 27.7 Å². The fourth-order valence-corrected chi connectivity index (χ4v) is 2.17. The van der Waals surface area contributed by atoms with Gasteiger partial charge in [-0.15, -0.1) is 11.3 Å². The summed E-state index contributed by atoms with van der Waals surface area (Å²) in [6, 6.07) is 0. The second-order valence-corrected chi connectivity index (χ2v) is 3.69. The van der Waals surface area contributed by atoms with Crippen LogP contribution in [-0.2, 0) is 4.74 Å².